The molecule has 0 atom stereocenters. The third kappa shape index (κ3) is 4.21. The summed E-state index contributed by atoms with van der Waals surface area (Å²) in [5.41, 5.74) is 0. The van der Waals surface area contributed by atoms with Crippen LogP contribution < -0.4 is 9.64 Å². The minimum atomic E-state index is -3.84. The van der Waals surface area contributed by atoms with E-state index in [1.54, 1.807) is 55.4 Å². The number of hydrogen-bond acceptors (Lipinski definition) is 6. The second kappa shape index (κ2) is 7.80. The van der Waals surface area contributed by atoms with Crippen molar-refractivity contribution in [1.82, 2.24) is 4.98 Å². The Morgan fingerprint density at radius 3 is 2.44 bits per heavy atom. The third-order valence-corrected chi connectivity index (χ3v) is 5.78. The van der Waals surface area contributed by atoms with Crippen LogP contribution >= 0.6 is 23.2 Å². The Morgan fingerprint density at radius 2 is 1.81 bits per heavy atom. The van der Waals surface area contributed by atoms with Crippen LogP contribution in [-0.4, -0.2) is 27.5 Å². The first-order valence-electron chi connectivity index (χ1n) is 7.84. The number of aromatic nitrogens is 1. The first kappa shape index (κ1) is 19.5. The summed E-state index contributed by atoms with van der Waals surface area (Å²) in [6, 6.07) is 12.8. The summed E-state index contributed by atoms with van der Waals surface area (Å²) in [6.07, 6.45) is 0. The van der Waals surface area contributed by atoms with Crippen LogP contribution in [0, 0.1) is 0 Å². The van der Waals surface area contributed by atoms with Crippen LogP contribution in [0.1, 0.15) is 5.89 Å². The molecular formula is C18H16Cl2N2O4S. The highest BCUT2D eigenvalue weighted by molar-refractivity contribution is 7.91. The molecule has 0 N–H and O–H groups in total. The molecule has 1 aromatic heterocycles. The number of halogens is 2. The number of sulfone groups is 1. The molecule has 0 fully saturated rings. The molecule has 3 rings (SSSR count). The van der Waals surface area contributed by atoms with Gasteiger partial charge in [-0.2, -0.15) is 4.98 Å². The van der Waals surface area contributed by atoms with Crippen LogP contribution in [-0.2, 0) is 16.4 Å². The first-order valence-corrected chi connectivity index (χ1v) is 10.1. The number of oxazole rings is 1. The lowest BCUT2D eigenvalue weighted by molar-refractivity contribution is 0.264. The van der Waals surface area contributed by atoms with Crippen molar-refractivity contribution in [2.45, 2.75) is 16.5 Å². The Kier molecular flexibility index (Phi) is 5.64. The van der Waals surface area contributed by atoms with Crippen molar-refractivity contribution in [2.75, 3.05) is 19.0 Å². The van der Waals surface area contributed by atoms with Gasteiger partial charge >= 0.3 is 0 Å². The van der Waals surface area contributed by atoms with Gasteiger partial charge in [-0.05, 0) is 30.3 Å². The quantitative estimate of drug-likeness (QED) is 0.579. The second-order valence-corrected chi connectivity index (χ2v) is 8.50. The lowest BCUT2D eigenvalue weighted by atomic mass is 10.3. The fourth-order valence-electron chi connectivity index (χ4n) is 2.30. The molecule has 0 unspecified atom stereocenters. The van der Waals surface area contributed by atoms with E-state index in [-0.39, 0.29) is 28.3 Å². The summed E-state index contributed by atoms with van der Waals surface area (Å²) in [5.74, 6) is 0.622. The minimum absolute atomic E-state index is 0.0908. The van der Waals surface area contributed by atoms with E-state index in [0.717, 1.165) is 0 Å². The van der Waals surface area contributed by atoms with Crippen LogP contribution in [0.5, 0.6) is 5.75 Å². The molecule has 3 aromatic rings. The molecule has 0 bridgehead atoms. The zero-order chi connectivity index (χ0) is 19.6. The summed E-state index contributed by atoms with van der Waals surface area (Å²) in [4.78, 5) is 5.83. The lowest BCUT2D eigenvalue weighted by Crippen LogP contribution is -2.13. The molecule has 0 spiro atoms. The highest BCUT2D eigenvalue weighted by atomic mass is 35.5. The Labute approximate surface area is 167 Å². The highest BCUT2D eigenvalue weighted by Crippen LogP contribution is 2.31. The van der Waals surface area contributed by atoms with Gasteiger partial charge in [-0.3, -0.25) is 0 Å². The van der Waals surface area contributed by atoms with Crippen LogP contribution in [0.25, 0.3) is 0 Å². The Bertz CT molecular complexity index is 1050. The molecule has 6 nitrogen and oxygen atoms in total. The van der Waals surface area contributed by atoms with E-state index in [4.69, 9.17) is 32.4 Å². The summed E-state index contributed by atoms with van der Waals surface area (Å²) in [6.45, 7) is -0.0908. The lowest BCUT2D eigenvalue weighted by Gasteiger charge is -2.10. The van der Waals surface area contributed by atoms with E-state index < -0.39 is 9.84 Å². The maximum atomic E-state index is 12.9. The minimum Gasteiger partial charge on any atom is -0.482 e. The summed E-state index contributed by atoms with van der Waals surface area (Å²) >= 11 is 11.9. The smallest absolute Gasteiger partial charge is 0.236 e. The SMILES string of the molecule is CN(C)c1oc(COc2ccc(Cl)cc2Cl)nc1S(=O)(=O)c1ccccc1. The van der Waals surface area contributed by atoms with E-state index in [1.165, 1.54) is 12.1 Å². The van der Waals surface area contributed by atoms with Crippen LogP contribution in [0.15, 0.2) is 62.9 Å². The summed E-state index contributed by atoms with van der Waals surface area (Å²) < 4.78 is 37.0. The molecule has 0 aliphatic carbocycles. The number of anilines is 1. The highest BCUT2D eigenvalue weighted by Gasteiger charge is 2.29. The number of nitrogens with zero attached hydrogens (tertiary/aromatic N) is 2. The first-order chi connectivity index (χ1) is 12.8. The molecule has 27 heavy (non-hydrogen) atoms. The topological polar surface area (TPSA) is 72.6 Å². The van der Waals surface area contributed by atoms with E-state index in [9.17, 15) is 8.42 Å². The van der Waals surface area contributed by atoms with Crippen molar-refractivity contribution in [1.29, 1.82) is 0 Å². The molecule has 0 amide bonds. The van der Waals surface area contributed by atoms with Gasteiger partial charge in [0.1, 0.15) is 5.75 Å². The number of rotatable bonds is 6. The monoisotopic (exact) mass is 426 g/mol. The van der Waals surface area contributed by atoms with Crippen LogP contribution in [0.2, 0.25) is 10.0 Å². The van der Waals surface area contributed by atoms with Crippen LogP contribution in [0.4, 0.5) is 5.88 Å². The Balaban J connectivity index is 1.92. The predicted molar refractivity (Wildman–Crippen MR) is 104 cm³/mol. The molecule has 0 aliphatic heterocycles. The number of benzene rings is 2. The van der Waals surface area contributed by atoms with Gasteiger partial charge in [0.25, 0.3) is 0 Å². The summed E-state index contributed by atoms with van der Waals surface area (Å²) in [7, 11) is -0.492. The van der Waals surface area contributed by atoms with Crippen LogP contribution in [0.3, 0.4) is 0 Å². The van der Waals surface area contributed by atoms with Gasteiger partial charge < -0.3 is 14.1 Å². The van der Waals surface area contributed by atoms with Crippen molar-refractivity contribution >= 4 is 38.9 Å². The average molecular weight is 427 g/mol. The average Bonchev–Trinajstić information content (AvgIpc) is 3.07. The van der Waals surface area contributed by atoms with Gasteiger partial charge in [0.05, 0.1) is 9.92 Å². The largest absolute Gasteiger partial charge is 0.482 e. The van der Waals surface area contributed by atoms with Gasteiger partial charge in [0, 0.05) is 19.1 Å². The second-order valence-electron chi connectivity index (χ2n) is 5.79. The standard InChI is InChI=1S/C18H16Cl2N2O4S/c1-22(2)18-17(27(23,24)13-6-4-3-5-7-13)21-16(26-18)11-25-15-9-8-12(19)10-14(15)20/h3-10H,11H2,1-2H3. The maximum Gasteiger partial charge on any atom is 0.236 e. The van der Waals surface area contributed by atoms with Gasteiger partial charge in [0.15, 0.2) is 6.61 Å². The van der Waals surface area contributed by atoms with Crippen molar-refractivity contribution in [3.8, 4) is 5.75 Å². The van der Waals surface area contributed by atoms with E-state index >= 15 is 0 Å². The number of ether oxygens (including phenoxy) is 1. The molecule has 0 radical (unpaired) electrons. The Hall–Kier alpha value is -2.22. The van der Waals surface area contributed by atoms with Crippen molar-refractivity contribution in [2.24, 2.45) is 0 Å². The molecule has 1 heterocycles. The number of hydrogen-bond donors (Lipinski definition) is 0. The summed E-state index contributed by atoms with van der Waals surface area (Å²) in [5, 5.41) is 0.646. The molecule has 0 saturated heterocycles. The molecule has 2 aromatic carbocycles. The van der Waals surface area contributed by atoms with Gasteiger partial charge in [0.2, 0.25) is 26.6 Å². The van der Waals surface area contributed by atoms with E-state index in [1.807, 2.05) is 0 Å². The van der Waals surface area contributed by atoms with Gasteiger partial charge in [-0.1, -0.05) is 41.4 Å². The van der Waals surface area contributed by atoms with Crippen molar-refractivity contribution < 1.29 is 17.6 Å². The molecular weight excluding hydrogens is 411 g/mol. The third-order valence-electron chi connectivity index (χ3n) is 3.58. The normalized spacial score (nSPS) is 11.4. The maximum absolute atomic E-state index is 12.9. The predicted octanol–water partition coefficient (Wildman–Crippen LogP) is 4.46. The molecule has 142 valence electrons. The Morgan fingerprint density at radius 1 is 1.11 bits per heavy atom. The molecule has 0 saturated carbocycles. The fraction of sp³-hybridized carbons (Fsp3) is 0.167. The zero-order valence-electron chi connectivity index (χ0n) is 14.5. The van der Waals surface area contributed by atoms with E-state index in [2.05, 4.69) is 4.98 Å². The van der Waals surface area contributed by atoms with E-state index in [0.29, 0.717) is 15.8 Å². The van der Waals surface area contributed by atoms with Gasteiger partial charge in [-0.15, -0.1) is 0 Å². The van der Waals surface area contributed by atoms with Crippen molar-refractivity contribution in [3.05, 3.63) is 64.5 Å². The van der Waals surface area contributed by atoms with Crippen molar-refractivity contribution in [3.63, 3.8) is 0 Å². The fourth-order valence-corrected chi connectivity index (χ4v) is 4.18. The zero-order valence-corrected chi connectivity index (χ0v) is 16.8. The molecule has 0 aliphatic rings. The molecule has 9 heteroatoms. The van der Waals surface area contributed by atoms with Gasteiger partial charge in [-0.25, -0.2) is 8.42 Å².